The lowest BCUT2D eigenvalue weighted by molar-refractivity contribution is -0.120. The number of imide groups is 1. The van der Waals surface area contributed by atoms with E-state index < -0.39 is 5.91 Å². The highest BCUT2D eigenvalue weighted by molar-refractivity contribution is 6.46. The van der Waals surface area contributed by atoms with Crippen molar-refractivity contribution in [3.63, 3.8) is 0 Å². The van der Waals surface area contributed by atoms with Crippen LogP contribution >= 0.6 is 0 Å². The van der Waals surface area contributed by atoms with Crippen molar-refractivity contribution in [1.29, 1.82) is 0 Å². The minimum Gasteiger partial charge on any atom is -0.494 e. The number of carbonyl (C=O) groups excluding carboxylic acids is 2. The van der Waals surface area contributed by atoms with E-state index in [1.807, 2.05) is 69.3 Å². The van der Waals surface area contributed by atoms with Gasteiger partial charge in [0.05, 0.1) is 24.5 Å². The zero-order valence-electron chi connectivity index (χ0n) is 19.6. The van der Waals surface area contributed by atoms with E-state index in [2.05, 4.69) is 5.32 Å². The molecule has 0 radical (unpaired) electrons. The molecule has 3 aromatic rings. The van der Waals surface area contributed by atoms with Crippen LogP contribution in [0.25, 0.3) is 5.57 Å². The summed E-state index contributed by atoms with van der Waals surface area (Å²) < 4.78 is 11.3. The quantitative estimate of drug-likeness (QED) is 0.426. The summed E-state index contributed by atoms with van der Waals surface area (Å²) in [5, 5.41) is 3.20. The van der Waals surface area contributed by atoms with Gasteiger partial charge in [0, 0.05) is 17.8 Å². The van der Waals surface area contributed by atoms with Crippen LogP contribution in [0.15, 0.2) is 78.5 Å². The predicted molar refractivity (Wildman–Crippen MR) is 134 cm³/mol. The molecule has 34 heavy (non-hydrogen) atoms. The Hall–Kier alpha value is -4.06. The Kier molecular flexibility index (Phi) is 6.97. The molecule has 0 aromatic heterocycles. The first kappa shape index (κ1) is 23.1. The highest BCUT2D eigenvalue weighted by Crippen LogP contribution is 2.35. The van der Waals surface area contributed by atoms with Crippen molar-refractivity contribution < 1.29 is 19.1 Å². The number of carbonyl (C=O) groups is 2. The number of hydrogen-bond donors (Lipinski definition) is 1. The van der Waals surface area contributed by atoms with Gasteiger partial charge in [-0.25, -0.2) is 4.90 Å². The molecule has 2 amide bonds. The van der Waals surface area contributed by atoms with Gasteiger partial charge in [-0.2, -0.15) is 0 Å². The molecular formula is C28H28N2O4. The van der Waals surface area contributed by atoms with Crippen LogP contribution in [-0.2, 0) is 9.59 Å². The Bertz CT molecular complexity index is 1230. The fourth-order valence-electron chi connectivity index (χ4n) is 3.78. The second-order valence-corrected chi connectivity index (χ2v) is 7.99. The Morgan fingerprint density at radius 1 is 0.824 bits per heavy atom. The van der Waals surface area contributed by atoms with Gasteiger partial charge in [0.25, 0.3) is 11.8 Å². The fourth-order valence-corrected chi connectivity index (χ4v) is 3.78. The first-order chi connectivity index (χ1) is 16.5. The lowest BCUT2D eigenvalue weighted by atomic mass is 10.0. The minimum absolute atomic E-state index is 0.225. The maximum atomic E-state index is 13.6. The number of hydrogen-bond acceptors (Lipinski definition) is 5. The number of nitrogens with one attached hydrogen (secondary N) is 1. The SMILES string of the molecule is CCCOc1cccc(NC2=C(c3ccc(C)cc3)C(=O)N(c3cccc(OCC)c3)C2=O)c1. The van der Waals surface area contributed by atoms with E-state index in [4.69, 9.17) is 9.47 Å². The number of benzene rings is 3. The Balaban J connectivity index is 1.75. The van der Waals surface area contributed by atoms with Gasteiger partial charge in [0.15, 0.2) is 0 Å². The monoisotopic (exact) mass is 456 g/mol. The summed E-state index contributed by atoms with van der Waals surface area (Å²) in [4.78, 5) is 28.4. The molecule has 0 spiro atoms. The zero-order valence-corrected chi connectivity index (χ0v) is 19.6. The van der Waals surface area contributed by atoms with Crippen LogP contribution in [0.4, 0.5) is 11.4 Å². The number of rotatable bonds is 9. The number of nitrogens with zero attached hydrogens (tertiary/aromatic N) is 1. The third-order valence-corrected chi connectivity index (χ3v) is 5.39. The molecule has 6 heteroatoms. The topological polar surface area (TPSA) is 67.9 Å². The second-order valence-electron chi connectivity index (χ2n) is 7.99. The predicted octanol–water partition coefficient (Wildman–Crippen LogP) is 5.58. The van der Waals surface area contributed by atoms with E-state index in [1.54, 1.807) is 24.3 Å². The summed E-state index contributed by atoms with van der Waals surface area (Å²) in [6, 6.07) is 22.0. The van der Waals surface area contributed by atoms with Gasteiger partial charge < -0.3 is 14.8 Å². The van der Waals surface area contributed by atoms with Crippen LogP contribution < -0.4 is 19.7 Å². The van der Waals surface area contributed by atoms with Crippen LogP contribution in [0.2, 0.25) is 0 Å². The van der Waals surface area contributed by atoms with Crippen LogP contribution in [-0.4, -0.2) is 25.0 Å². The molecule has 0 bridgehead atoms. The molecule has 4 rings (SSSR count). The first-order valence-corrected chi connectivity index (χ1v) is 11.4. The third kappa shape index (κ3) is 4.81. The molecule has 1 N–H and O–H groups in total. The minimum atomic E-state index is -0.422. The molecule has 0 saturated carbocycles. The molecule has 0 aliphatic carbocycles. The molecule has 174 valence electrons. The van der Waals surface area contributed by atoms with Crippen molar-refractivity contribution in [2.75, 3.05) is 23.4 Å². The summed E-state index contributed by atoms with van der Waals surface area (Å²) in [7, 11) is 0. The standard InChI is InChI=1S/C28H28N2O4/c1-4-16-34-23-10-6-8-21(17-23)29-26-25(20-14-12-19(3)13-15-20)27(31)30(28(26)32)22-9-7-11-24(18-22)33-5-2/h6-15,17-18,29H,4-5,16H2,1-3H3. The lowest BCUT2D eigenvalue weighted by Gasteiger charge is -2.16. The first-order valence-electron chi connectivity index (χ1n) is 11.4. The molecule has 0 saturated heterocycles. The van der Waals surface area contributed by atoms with Gasteiger partial charge in [-0.15, -0.1) is 0 Å². The fraction of sp³-hybridized carbons (Fsp3) is 0.214. The lowest BCUT2D eigenvalue weighted by Crippen LogP contribution is -2.32. The van der Waals surface area contributed by atoms with Crippen molar-refractivity contribution in [2.24, 2.45) is 0 Å². The van der Waals surface area contributed by atoms with Gasteiger partial charge in [-0.05, 0) is 50.1 Å². The Morgan fingerprint density at radius 3 is 2.24 bits per heavy atom. The summed E-state index contributed by atoms with van der Waals surface area (Å²) >= 11 is 0. The van der Waals surface area contributed by atoms with Crippen LogP contribution in [0.3, 0.4) is 0 Å². The van der Waals surface area contributed by atoms with Crippen molar-refractivity contribution in [3.8, 4) is 11.5 Å². The summed E-state index contributed by atoms with van der Waals surface area (Å²) in [5.74, 6) is 0.486. The second kappa shape index (κ2) is 10.3. The molecular weight excluding hydrogens is 428 g/mol. The maximum Gasteiger partial charge on any atom is 0.282 e. The van der Waals surface area contributed by atoms with E-state index in [-0.39, 0.29) is 11.6 Å². The molecule has 0 unspecified atom stereocenters. The van der Waals surface area contributed by atoms with Crippen molar-refractivity contribution in [2.45, 2.75) is 27.2 Å². The van der Waals surface area contributed by atoms with Gasteiger partial charge in [0.2, 0.25) is 0 Å². The Morgan fingerprint density at radius 2 is 1.53 bits per heavy atom. The average Bonchev–Trinajstić information content (AvgIpc) is 3.08. The van der Waals surface area contributed by atoms with Gasteiger partial charge in [-0.1, -0.05) is 48.9 Å². The smallest absolute Gasteiger partial charge is 0.282 e. The van der Waals surface area contributed by atoms with Gasteiger partial charge >= 0.3 is 0 Å². The van der Waals surface area contributed by atoms with Crippen LogP contribution in [0.5, 0.6) is 11.5 Å². The number of ether oxygens (including phenoxy) is 2. The van der Waals surface area contributed by atoms with Gasteiger partial charge in [-0.3, -0.25) is 9.59 Å². The molecule has 1 aliphatic heterocycles. The summed E-state index contributed by atoms with van der Waals surface area (Å²) in [5.41, 5.74) is 3.42. The molecule has 1 heterocycles. The van der Waals surface area contributed by atoms with Crippen LogP contribution in [0, 0.1) is 6.92 Å². The maximum absolute atomic E-state index is 13.6. The molecule has 1 aliphatic rings. The normalized spacial score (nSPS) is 13.4. The van der Waals surface area contributed by atoms with E-state index in [1.165, 1.54) is 4.90 Å². The van der Waals surface area contributed by atoms with E-state index >= 15 is 0 Å². The highest BCUT2D eigenvalue weighted by atomic mass is 16.5. The zero-order chi connectivity index (χ0) is 24.1. The summed E-state index contributed by atoms with van der Waals surface area (Å²) in [6.45, 7) is 6.99. The molecule has 0 fully saturated rings. The van der Waals surface area contributed by atoms with E-state index in [0.29, 0.717) is 47.2 Å². The number of aryl methyl sites for hydroxylation is 1. The van der Waals surface area contributed by atoms with Crippen LogP contribution in [0.1, 0.15) is 31.4 Å². The number of anilines is 2. The highest BCUT2D eigenvalue weighted by Gasteiger charge is 2.40. The summed E-state index contributed by atoms with van der Waals surface area (Å²) in [6.07, 6.45) is 0.892. The Labute approximate surface area is 199 Å². The molecule has 0 atom stereocenters. The van der Waals surface area contributed by atoms with E-state index in [0.717, 1.165) is 12.0 Å². The molecule has 6 nitrogen and oxygen atoms in total. The average molecular weight is 457 g/mol. The number of amides is 2. The molecule has 3 aromatic carbocycles. The third-order valence-electron chi connectivity index (χ3n) is 5.39. The van der Waals surface area contributed by atoms with E-state index in [9.17, 15) is 9.59 Å². The van der Waals surface area contributed by atoms with Crippen molar-refractivity contribution in [1.82, 2.24) is 0 Å². The van der Waals surface area contributed by atoms with Crippen molar-refractivity contribution >= 4 is 28.8 Å². The van der Waals surface area contributed by atoms with Crippen molar-refractivity contribution in [3.05, 3.63) is 89.6 Å². The van der Waals surface area contributed by atoms with Gasteiger partial charge in [0.1, 0.15) is 17.2 Å². The largest absolute Gasteiger partial charge is 0.494 e.